The van der Waals surface area contributed by atoms with Gasteiger partial charge in [-0.3, -0.25) is 0 Å². The molecule has 0 aromatic carbocycles. The molecule has 5 nitrogen and oxygen atoms in total. The van der Waals surface area contributed by atoms with Crippen molar-refractivity contribution in [3.8, 4) is 0 Å². The van der Waals surface area contributed by atoms with Crippen molar-refractivity contribution < 1.29 is 9.63 Å². The minimum Gasteiger partial charge on any atom is -0.396 e. The molecular weight excluding hydrogens is 170 g/mol. The predicted molar refractivity (Wildman–Crippen MR) is 46.8 cm³/mol. The van der Waals surface area contributed by atoms with Crippen LogP contribution in [0.15, 0.2) is 17.2 Å². The average Bonchev–Trinajstić information content (AvgIpc) is 2.54. The molecular formula is C8H13N3O2. The second-order valence-electron chi connectivity index (χ2n) is 2.65. The Hall–Kier alpha value is -1.20. The van der Waals surface area contributed by atoms with Crippen LogP contribution in [0.1, 0.15) is 24.2 Å². The van der Waals surface area contributed by atoms with Crippen molar-refractivity contribution in [2.24, 2.45) is 5.73 Å². The monoisotopic (exact) mass is 183 g/mol. The van der Waals surface area contributed by atoms with Gasteiger partial charge in [0.05, 0.1) is 12.6 Å². The van der Waals surface area contributed by atoms with Crippen LogP contribution in [0, 0.1) is 0 Å². The topological polar surface area (TPSA) is 85.2 Å². The lowest BCUT2D eigenvalue weighted by atomic mass is 10.2. The number of nitrogens with two attached hydrogens (primary N) is 1. The van der Waals surface area contributed by atoms with Crippen LogP contribution in [0.2, 0.25) is 0 Å². The highest BCUT2D eigenvalue weighted by Gasteiger charge is 2.12. The first-order chi connectivity index (χ1) is 6.27. The van der Waals surface area contributed by atoms with Crippen molar-refractivity contribution in [2.75, 3.05) is 6.61 Å². The molecule has 5 heteroatoms. The van der Waals surface area contributed by atoms with Crippen molar-refractivity contribution in [3.63, 3.8) is 0 Å². The minimum absolute atomic E-state index is 0.00959. The molecule has 0 spiro atoms. The maximum atomic E-state index is 8.60. The molecule has 0 bridgehead atoms. The van der Waals surface area contributed by atoms with Gasteiger partial charge in [-0.15, -0.1) is 6.58 Å². The summed E-state index contributed by atoms with van der Waals surface area (Å²) in [7, 11) is 0. The second kappa shape index (κ2) is 4.74. The number of aromatic nitrogens is 2. The van der Waals surface area contributed by atoms with Crippen molar-refractivity contribution >= 4 is 0 Å². The Bertz CT molecular complexity index is 272. The summed E-state index contributed by atoms with van der Waals surface area (Å²) < 4.78 is 4.89. The van der Waals surface area contributed by atoms with Gasteiger partial charge >= 0.3 is 0 Å². The van der Waals surface area contributed by atoms with E-state index in [0.717, 1.165) is 0 Å². The Morgan fingerprint density at radius 3 is 3.08 bits per heavy atom. The fraction of sp³-hybridized carbons (Fsp3) is 0.500. The largest absolute Gasteiger partial charge is 0.396 e. The molecule has 0 aliphatic rings. The highest BCUT2D eigenvalue weighted by atomic mass is 16.5. The van der Waals surface area contributed by atoms with Gasteiger partial charge in [0.1, 0.15) is 0 Å². The van der Waals surface area contributed by atoms with Crippen molar-refractivity contribution in [1.82, 2.24) is 10.1 Å². The van der Waals surface area contributed by atoms with Gasteiger partial charge in [0.2, 0.25) is 5.89 Å². The van der Waals surface area contributed by atoms with E-state index in [0.29, 0.717) is 24.6 Å². The summed E-state index contributed by atoms with van der Waals surface area (Å²) in [5.74, 6) is 0.875. The van der Waals surface area contributed by atoms with E-state index in [1.807, 2.05) is 0 Å². The molecule has 1 aromatic heterocycles. The zero-order valence-electron chi connectivity index (χ0n) is 7.31. The van der Waals surface area contributed by atoms with Gasteiger partial charge in [-0.25, -0.2) is 0 Å². The quantitative estimate of drug-likeness (QED) is 0.636. The van der Waals surface area contributed by atoms with Crippen LogP contribution in [-0.4, -0.2) is 21.9 Å². The van der Waals surface area contributed by atoms with Crippen LogP contribution in [0.4, 0.5) is 0 Å². The summed E-state index contributed by atoms with van der Waals surface area (Å²) in [4.78, 5) is 4.01. The fourth-order valence-electron chi connectivity index (χ4n) is 0.900. The molecule has 1 aromatic rings. The molecule has 72 valence electrons. The molecule has 1 unspecified atom stereocenters. The highest BCUT2D eigenvalue weighted by molar-refractivity contribution is 4.94. The van der Waals surface area contributed by atoms with Crippen LogP contribution < -0.4 is 5.73 Å². The zero-order chi connectivity index (χ0) is 9.68. The summed E-state index contributed by atoms with van der Waals surface area (Å²) in [5.41, 5.74) is 5.69. The van der Waals surface area contributed by atoms with E-state index in [1.54, 1.807) is 6.08 Å². The van der Waals surface area contributed by atoms with E-state index in [9.17, 15) is 0 Å². The Morgan fingerprint density at radius 1 is 1.69 bits per heavy atom. The minimum atomic E-state index is -0.294. The van der Waals surface area contributed by atoms with Gasteiger partial charge in [-0.2, -0.15) is 4.98 Å². The molecule has 0 aliphatic carbocycles. The Balaban J connectivity index is 2.61. The lowest BCUT2D eigenvalue weighted by Gasteiger charge is -1.99. The first-order valence-corrected chi connectivity index (χ1v) is 4.07. The predicted octanol–water partition coefficient (Wildman–Crippen LogP) is 0.180. The maximum absolute atomic E-state index is 8.60. The number of hydrogen-bond acceptors (Lipinski definition) is 5. The zero-order valence-corrected chi connectivity index (χ0v) is 7.31. The van der Waals surface area contributed by atoms with Crippen molar-refractivity contribution in [1.29, 1.82) is 0 Å². The maximum Gasteiger partial charge on any atom is 0.243 e. The second-order valence-corrected chi connectivity index (χ2v) is 2.65. The normalized spacial score (nSPS) is 12.8. The van der Waals surface area contributed by atoms with E-state index in [-0.39, 0.29) is 12.6 Å². The number of aliphatic hydroxyl groups excluding tert-OH is 1. The highest BCUT2D eigenvalue weighted by Crippen LogP contribution is 2.11. The first kappa shape index (κ1) is 9.88. The number of rotatable bonds is 5. The summed E-state index contributed by atoms with van der Waals surface area (Å²) >= 11 is 0. The Kier molecular flexibility index (Phi) is 3.60. The third kappa shape index (κ3) is 2.64. The molecule has 13 heavy (non-hydrogen) atoms. The van der Waals surface area contributed by atoms with E-state index in [4.69, 9.17) is 15.4 Å². The van der Waals surface area contributed by atoms with Gasteiger partial charge in [-0.1, -0.05) is 11.2 Å². The van der Waals surface area contributed by atoms with E-state index >= 15 is 0 Å². The molecule has 0 radical (unpaired) electrons. The standard InChI is InChI=1S/C8H13N3O2/c1-2-3-6(9)8-10-7(4-5-12)11-13-8/h2,6,12H,1,3-5,9H2. The summed E-state index contributed by atoms with van der Waals surface area (Å²) in [5, 5.41) is 12.3. The summed E-state index contributed by atoms with van der Waals surface area (Å²) in [6.07, 6.45) is 2.69. The molecule has 0 saturated carbocycles. The fourth-order valence-corrected chi connectivity index (χ4v) is 0.900. The molecule has 0 aliphatic heterocycles. The lowest BCUT2D eigenvalue weighted by molar-refractivity contribution is 0.292. The van der Waals surface area contributed by atoms with Gasteiger partial charge in [0.25, 0.3) is 0 Å². The van der Waals surface area contributed by atoms with Crippen molar-refractivity contribution in [3.05, 3.63) is 24.4 Å². The van der Waals surface area contributed by atoms with Crippen LogP contribution >= 0.6 is 0 Å². The van der Waals surface area contributed by atoms with Crippen LogP contribution in [0.25, 0.3) is 0 Å². The van der Waals surface area contributed by atoms with E-state index in [2.05, 4.69) is 16.7 Å². The Morgan fingerprint density at radius 2 is 2.46 bits per heavy atom. The third-order valence-electron chi connectivity index (χ3n) is 1.56. The van der Waals surface area contributed by atoms with Crippen LogP contribution in [0.5, 0.6) is 0 Å². The van der Waals surface area contributed by atoms with Gasteiger partial charge < -0.3 is 15.4 Å². The van der Waals surface area contributed by atoms with E-state index < -0.39 is 0 Å². The van der Waals surface area contributed by atoms with Gasteiger partial charge in [-0.05, 0) is 6.42 Å². The molecule has 0 saturated heterocycles. The lowest BCUT2D eigenvalue weighted by Crippen LogP contribution is -2.09. The van der Waals surface area contributed by atoms with Crippen molar-refractivity contribution in [2.45, 2.75) is 18.9 Å². The first-order valence-electron chi connectivity index (χ1n) is 4.07. The number of nitrogens with zero attached hydrogens (tertiary/aromatic N) is 2. The number of hydrogen-bond donors (Lipinski definition) is 2. The van der Waals surface area contributed by atoms with Gasteiger partial charge in [0.15, 0.2) is 5.82 Å². The molecule has 1 heterocycles. The SMILES string of the molecule is C=CCC(N)c1nc(CCO)no1. The smallest absolute Gasteiger partial charge is 0.243 e. The molecule has 1 atom stereocenters. The Labute approximate surface area is 76.3 Å². The van der Waals surface area contributed by atoms with Crippen LogP contribution in [0.3, 0.4) is 0 Å². The third-order valence-corrected chi connectivity index (χ3v) is 1.56. The van der Waals surface area contributed by atoms with Crippen LogP contribution in [-0.2, 0) is 6.42 Å². The molecule has 3 N–H and O–H groups in total. The number of aliphatic hydroxyl groups is 1. The molecule has 0 fully saturated rings. The molecule has 0 amide bonds. The average molecular weight is 183 g/mol. The van der Waals surface area contributed by atoms with Gasteiger partial charge in [0, 0.05) is 6.42 Å². The molecule has 1 rings (SSSR count). The summed E-state index contributed by atoms with van der Waals surface area (Å²) in [6, 6.07) is -0.294. The summed E-state index contributed by atoms with van der Waals surface area (Å²) in [6.45, 7) is 3.57. The van der Waals surface area contributed by atoms with E-state index in [1.165, 1.54) is 0 Å².